The maximum atomic E-state index is 12.8. The Balaban J connectivity index is 1.79. The maximum Gasteiger partial charge on any atom is 0.123 e. The summed E-state index contributed by atoms with van der Waals surface area (Å²) in [5.74, 6) is 0.818. The minimum absolute atomic E-state index is 0.177. The lowest BCUT2D eigenvalue weighted by Crippen LogP contribution is -2.28. The van der Waals surface area contributed by atoms with Gasteiger partial charge in [0, 0.05) is 16.7 Å². The molecule has 0 aliphatic rings. The molecule has 0 radical (unpaired) electrons. The van der Waals surface area contributed by atoms with E-state index in [-0.39, 0.29) is 5.82 Å². The molecule has 1 atom stereocenters. The summed E-state index contributed by atoms with van der Waals surface area (Å²) in [5, 5.41) is 3.36. The summed E-state index contributed by atoms with van der Waals surface area (Å²) in [6.07, 6.45) is 2.19. The van der Waals surface area contributed by atoms with Crippen LogP contribution in [0.5, 0.6) is 0 Å². The number of hydrogen-bond acceptors (Lipinski definition) is 2. The van der Waals surface area contributed by atoms with Crippen LogP contribution in [-0.4, -0.2) is 18.8 Å². The van der Waals surface area contributed by atoms with Gasteiger partial charge in [-0.1, -0.05) is 30.3 Å². The number of halogens is 1. The summed E-state index contributed by atoms with van der Waals surface area (Å²) in [5.41, 5.74) is 1.37. The lowest BCUT2D eigenvalue weighted by Gasteiger charge is -2.15. The van der Waals surface area contributed by atoms with E-state index in [4.69, 9.17) is 0 Å². The molecule has 0 spiro atoms. The van der Waals surface area contributed by atoms with E-state index in [0.29, 0.717) is 6.04 Å². The number of aryl methyl sites for hydroxylation is 1. The standard InChI is InChI=1S/C17H20FNS/c1-19-16(10-7-14-5-3-2-4-6-14)13-20-17-11-8-15(18)9-12-17/h2-6,8-9,11-12,16,19H,7,10,13H2,1H3. The van der Waals surface area contributed by atoms with Gasteiger partial charge in [0.05, 0.1) is 0 Å². The summed E-state index contributed by atoms with van der Waals surface area (Å²) >= 11 is 1.77. The Kier molecular flexibility index (Phi) is 6.09. The molecule has 0 bridgehead atoms. The summed E-state index contributed by atoms with van der Waals surface area (Å²) in [6.45, 7) is 0. The predicted octanol–water partition coefficient (Wildman–Crippen LogP) is 4.14. The van der Waals surface area contributed by atoms with Crippen LogP contribution in [0.25, 0.3) is 0 Å². The quantitative estimate of drug-likeness (QED) is 0.769. The van der Waals surface area contributed by atoms with E-state index in [0.717, 1.165) is 23.5 Å². The van der Waals surface area contributed by atoms with Crippen molar-refractivity contribution in [3.63, 3.8) is 0 Å². The molecule has 0 saturated carbocycles. The molecule has 0 aliphatic heterocycles. The third kappa shape index (κ3) is 4.99. The average Bonchev–Trinajstić information content (AvgIpc) is 2.50. The summed E-state index contributed by atoms with van der Waals surface area (Å²) in [7, 11) is 2.00. The van der Waals surface area contributed by atoms with Gasteiger partial charge >= 0.3 is 0 Å². The van der Waals surface area contributed by atoms with Crippen LogP contribution < -0.4 is 5.32 Å². The fourth-order valence-electron chi connectivity index (χ4n) is 2.02. The Morgan fingerprint density at radius 2 is 1.75 bits per heavy atom. The number of rotatable bonds is 7. The molecule has 0 aromatic heterocycles. The Labute approximate surface area is 124 Å². The molecule has 3 heteroatoms. The lowest BCUT2D eigenvalue weighted by atomic mass is 10.1. The second-order valence-electron chi connectivity index (χ2n) is 4.77. The van der Waals surface area contributed by atoms with E-state index >= 15 is 0 Å². The second-order valence-corrected chi connectivity index (χ2v) is 5.87. The molecular formula is C17H20FNS. The number of thioether (sulfide) groups is 1. The van der Waals surface area contributed by atoms with Crippen molar-refractivity contribution < 1.29 is 4.39 Å². The Morgan fingerprint density at radius 3 is 2.40 bits per heavy atom. The minimum Gasteiger partial charge on any atom is -0.316 e. The first-order valence-electron chi connectivity index (χ1n) is 6.87. The van der Waals surface area contributed by atoms with Crippen molar-refractivity contribution >= 4 is 11.8 Å². The predicted molar refractivity (Wildman–Crippen MR) is 84.7 cm³/mol. The van der Waals surface area contributed by atoms with Gasteiger partial charge in [-0.3, -0.25) is 0 Å². The molecule has 2 rings (SSSR count). The second kappa shape index (κ2) is 8.08. The highest BCUT2D eigenvalue weighted by atomic mass is 32.2. The minimum atomic E-state index is -0.177. The van der Waals surface area contributed by atoms with Gasteiger partial charge in [-0.05, 0) is 49.7 Å². The van der Waals surface area contributed by atoms with Gasteiger partial charge in [0.15, 0.2) is 0 Å². The fraction of sp³-hybridized carbons (Fsp3) is 0.294. The van der Waals surface area contributed by atoms with Crippen molar-refractivity contribution in [2.24, 2.45) is 0 Å². The molecule has 20 heavy (non-hydrogen) atoms. The van der Waals surface area contributed by atoms with Gasteiger partial charge in [0.25, 0.3) is 0 Å². The molecule has 0 heterocycles. The van der Waals surface area contributed by atoms with Gasteiger partial charge in [0.2, 0.25) is 0 Å². The Morgan fingerprint density at radius 1 is 1.05 bits per heavy atom. The Bertz CT molecular complexity index is 498. The van der Waals surface area contributed by atoms with E-state index in [2.05, 4.69) is 29.6 Å². The SMILES string of the molecule is CNC(CCc1ccccc1)CSc1ccc(F)cc1. The number of hydrogen-bond donors (Lipinski definition) is 1. The third-order valence-electron chi connectivity index (χ3n) is 3.30. The first-order valence-corrected chi connectivity index (χ1v) is 7.86. The number of nitrogens with one attached hydrogen (secondary N) is 1. The first-order chi connectivity index (χ1) is 9.78. The summed E-state index contributed by atoms with van der Waals surface area (Å²) in [4.78, 5) is 1.12. The van der Waals surface area contributed by atoms with Crippen LogP contribution in [0.1, 0.15) is 12.0 Å². The van der Waals surface area contributed by atoms with Crippen LogP contribution in [0.2, 0.25) is 0 Å². The highest BCUT2D eigenvalue weighted by molar-refractivity contribution is 7.99. The molecule has 0 saturated heterocycles. The molecule has 0 fully saturated rings. The van der Waals surface area contributed by atoms with Crippen molar-refractivity contribution in [2.75, 3.05) is 12.8 Å². The van der Waals surface area contributed by atoms with Crippen molar-refractivity contribution in [2.45, 2.75) is 23.8 Å². The highest BCUT2D eigenvalue weighted by Crippen LogP contribution is 2.20. The zero-order valence-corrected chi connectivity index (χ0v) is 12.5. The van der Waals surface area contributed by atoms with Crippen LogP contribution in [0.15, 0.2) is 59.5 Å². The van der Waals surface area contributed by atoms with Gasteiger partial charge < -0.3 is 5.32 Å². The van der Waals surface area contributed by atoms with Gasteiger partial charge in [-0.25, -0.2) is 4.39 Å². The van der Waals surface area contributed by atoms with E-state index in [1.54, 1.807) is 11.8 Å². The van der Waals surface area contributed by atoms with Crippen LogP contribution in [0.4, 0.5) is 4.39 Å². The van der Waals surface area contributed by atoms with E-state index in [9.17, 15) is 4.39 Å². The maximum absolute atomic E-state index is 12.8. The van der Waals surface area contributed by atoms with Gasteiger partial charge in [-0.2, -0.15) is 0 Å². The van der Waals surface area contributed by atoms with Gasteiger partial charge in [-0.15, -0.1) is 11.8 Å². The van der Waals surface area contributed by atoms with Crippen molar-refractivity contribution in [3.8, 4) is 0 Å². The normalized spacial score (nSPS) is 12.3. The zero-order valence-electron chi connectivity index (χ0n) is 11.7. The highest BCUT2D eigenvalue weighted by Gasteiger charge is 2.07. The van der Waals surface area contributed by atoms with Crippen molar-refractivity contribution in [1.29, 1.82) is 0 Å². The Hall–Kier alpha value is -1.32. The smallest absolute Gasteiger partial charge is 0.123 e. The number of benzene rings is 2. The monoisotopic (exact) mass is 289 g/mol. The van der Waals surface area contributed by atoms with Crippen LogP contribution >= 0.6 is 11.8 Å². The summed E-state index contributed by atoms with van der Waals surface area (Å²) < 4.78 is 12.8. The molecule has 2 aromatic rings. The molecule has 0 amide bonds. The molecular weight excluding hydrogens is 269 g/mol. The van der Waals surface area contributed by atoms with Crippen molar-refractivity contribution in [3.05, 3.63) is 66.0 Å². The first kappa shape index (κ1) is 15.1. The van der Waals surface area contributed by atoms with Crippen LogP contribution in [-0.2, 0) is 6.42 Å². The molecule has 0 aliphatic carbocycles. The van der Waals surface area contributed by atoms with Crippen molar-refractivity contribution in [1.82, 2.24) is 5.32 Å². The summed E-state index contributed by atoms with van der Waals surface area (Å²) in [6, 6.07) is 17.7. The molecule has 106 valence electrons. The topological polar surface area (TPSA) is 12.0 Å². The van der Waals surface area contributed by atoms with Gasteiger partial charge in [0.1, 0.15) is 5.82 Å². The molecule has 2 aromatic carbocycles. The molecule has 1 unspecified atom stereocenters. The largest absolute Gasteiger partial charge is 0.316 e. The molecule has 1 nitrogen and oxygen atoms in total. The lowest BCUT2D eigenvalue weighted by molar-refractivity contribution is 0.573. The van der Waals surface area contributed by atoms with E-state index in [1.165, 1.54) is 17.7 Å². The third-order valence-corrected chi connectivity index (χ3v) is 4.47. The van der Waals surface area contributed by atoms with Crippen LogP contribution in [0, 0.1) is 5.82 Å². The van der Waals surface area contributed by atoms with Crippen LogP contribution in [0.3, 0.4) is 0 Å². The molecule has 1 N–H and O–H groups in total. The fourth-order valence-corrected chi connectivity index (χ4v) is 3.08. The van der Waals surface area contributed by atoms with E-state index < -0.39 is 0 Å². The van der Waals surface area contributed by atoms with E-state index in [1.807, 2.05) is 25.2 Å². The zero-order chi connectivity index (χ0) is 14.2. The average molecular weight is 289 g/mol.